The van der Waals surface area contributed by atoms with Crippen molar-refractivity contribution in [2.45, 2.75) is 11.1 Å². The molecule has 0 N–H and O–H groups in total. The molecule has 3 rings (SSSR count). The Hall–Kier alpha value is -2.26. The van der Waals surface area contributed by atoms with Crippen molar-refractivity contribution in [1.29, 1.82) is 0 Å². The molecular formula is C12H10N4O3S2. The van der Waals surface area contributed by atoms with E-state index in [0.717, 1.165) is 4.88 Å². The summed E-state index contributed by atoms with van der Waals surface area (Å²) in [5.74, 6) is 0.203. The van der Waals surface area contributed by atoms with Crippen LogP contribution in [0.3, 0.4) is 0 Å². The molecule has 0 fully saturated rings. The van der Waals surface area contributed by atoms with Crippen molar-refractivity contribution < 1.29 is 12.6 Å². The lowest BCUT2D eigenvalue weighted by Crippen LogP contribution is -2.08. The largest absolute Gasteiger partial charge is 0.378 e. The maximum atomic E-state index is 12.2. The molecule has 0 atom stereocenters. The predicted molar refractivity (Wildman–Crippen MR) is 76.0 cm³/mol. The van der Waals surface area contributed by atoms with Crippen LogP contribution < -0.4 is 4.18 Å². The molecule has 0 amide bonds. The van der Waals surface area contributed by atoms with Gasteiger partial charge in [-0.25, -0.2) is 4.68 Å². The second-order valence-electron chi connectivity index (χ2n) is 4.15. The average molecular weight is 322 g/mol. The van der Waals surface area contributed by atoms with Crippen LogP contribution in [0.2, 0.25) is 0 Å². The van der Waals surface area contributed by atoms with Crippen molar-refractivity contribution in [2.75, 3.05) is 0 Å². The third-order valence-electron chi connectivity index (χ3n) is 2.60. The van der Waals surface area contributed by atoms with Crippen LogP contribution >= 0.6 is 11.3 Å². The quantitative estimate of drug-likeness (QED) is 0.681. The van der Waals surface area contributed by atoms with Crippen molar-refractivity contribution >= 4 is 21.5 Å². The van der Waals surface area contributed by atoms with Gasteiger partial charge in [-0.3, -0.25) is 0 Å². The molecule has 9 heteroatoms. The highest BCUT2D eigenvalue weighted by molar-refractivity contribution is 7.89. The molecule has 0 aliphatic heterocycles. The molecule has 108 valence electrons. The fraction of sp³-hybridized carbons (Fsp3) is 0.0833. The zero-order valence-electron chi connectivity index (χ0n) is 10.9. The lowest BCUT2D eigenvalue weighted by Gasteiger charge is -2.06. The van der Waals surface area contributed by atoms with Gasteiger partial charge in [0, 0.05) is 10.9 Å². The normalized spacial score (nSPS) is 11.5. The fourth-order valence-electron chi connectivity index (χ4n) is 1.67. The minimum atomic E-state index is -3.82. The van der Waals surface area contributed by atoms with Crippen LogP contribution in [0, 0.1) is 6.92 Å². The summed E-state index contributed by atoms with van der Waals surface area (Å²) in [4.78, 5) is 0.902. The number of thiophene rings is 1. The maximum absolute atomic E-state index is 12.2. The van der Waals surface area contributed by atoms with Crippen molar-refractivity contribution in [3.05, 3.63) is 47.6 Å². The summed E-state index contributed by atoms with van der Waals surface area (Å²) in [7, 11) is -3.82. The number of rotatable bonds is 4. The molecule has 0 saturated heterocycles. The van der Waals surface area contributed by atoms with Crippen LogP contribution in [0.4, 0.5) is 0 Å². The third-order valence-corrected chi connectivity index (χ3v) is 5.30. The second-order valence-corrected chi connectivity index (χ2v) is 7.22. The summed E-state index contributed by atoms with van der Waals surface area (Å²) in [6.07, 6.45) is 1.41. The Labute approximate surface area is 124 Å². The predicted octanol–water partition coefficient (Wildman–Crippen LogP) is 1.80. The Bertz CT molecular complexity index is 856. The minimum Gasteiger partial charge on any atom is -0.378 e. The first kappa shape index (κ1) is 13.7. The van der Waals surface area contributed by atoms with Crippen molar-refractivity contribution in [3.8, 4) is 11.4 Å². The van der Waals surface area contributed by atoms with Crippen molar-refractivity contribution in [3.63, 3.8) is 0 Å². The van der Waals surface area contributed by atoms with Gasteiger partial charge in [-0.05, 0) is 41.6 Å². The van der Waals surface area contributed by atoms with Crippen LogP contribution in [0.25, 0.3) is 5.69 Å². The number of benzene rings is 1. The zero-order valence-corrected chi connectivity index (χ0v) is 12.5. The Balaban J connectivity index is 1.90. The number of aromatic nitrogens is 4. The monoisotopic (exact) mass is 322 g/mol. The average Bonchev–Trinajstić information content (AvgIpc) is 3.09. The van der Waals surface area contributed by atoms with Gasteiger partial charge in [0.05, 0.1) is 5.69 Å². The number of hydrogen-bond donors (Lipinski definition) is 0. The first-order valence-corrected chi connectivity index (χ1v) is 8.11. The van der Waals surface area contributed by atoms with E-state index < -0.39 is 10.1 Å². The molecule has 3 aromatic rings. The molecule has 0 aliphatic carbocycles. The van der Waals surface area contributed by atoms with E-state index in [2.05, 4.69) is 15.5 Å². The molecule has 0 aliphatic rings. The molecule has 1 aromatic carbocycles. The lowest BCUT2D eigenvalue weighted by molar-refractivity contribution is 0.488. The van der Waals surface area contributed by atoms with E-state index in [9.17, 15) is 8.42 Å². The Morgan fingerprint density at radius 2 is 2.10 bits per heavy atom. The van der Waals surface area contributed by atoms with Gasteiger partial charge in [0.1, 0.15) is 12.1 Å². The number of aryl methyl sites for hydroxylation is 1. The maximum Gasteiger partial charge on any atom is 0.348 e. The van der Waals surface area contributed by atoms with Gasteiger partial charge >= 0.3 is 10.1 Å². The fourth-order valence-corrected chi connectivity index (χ4v) is 3.84. The summed E-state index contributed by atoms with van der Waals surface area (Å²) in [5.41, 5.74) is 0.607. The van der Waals surface area contributed by atoms with Gasteiger partial charge < -0.3 is 4.18 Å². The van der Waals surface area contributed by atoms with E-state index in [4.69, 9.17) is 4.18 Å². The zero-order chi connectivity index (χ0) is 14.9. The van der Waals surface area contributed by atoms with Gasteiger partial charge in [-0.2, -0.15) is 8.42 Å². The number of nitrogens with zero attached hydrogens (tertiary/aromatic N) is 4. The Kier molecular flexibility index (Phi) is 3.43. The van der Waals surface area contributed by atoms with Crippen molar-refractivity contribution in [1.82, 2.24) is 20.2 Å². The number of hydrogen-bond acceptors (Lipinski definition) is 7. The van der Waals surface area contributed by atoms with E-state index in [1.807, 2.05) is 6.92 Å². The minimum absolute atomic E-state index is 0.174. The van der Waals surface area contributed by atoms with Gasteiger partial charge in [0.15, 0.2) is 4.21 Å². The van der Waals surface area contributed by atoms with Crippen LogP contribution in [-0.2, 0) is 10.1 Å². The molecule has 0 unspecified atom stereocenters. The summed E-state index contributed by atoms with van der Waals surface area (Å²) >= 11 is 1.17. The highest BCUT2D eigenvalue weighted by Gasteiger charge is 2.19. The van der Waals surface area contributed by atoms with Crippen LogP contribution in [-0.4, -0.2) is 28.6 Å². The van der Waals surface area contributed by atoms with Gasteiger partial charge in [0.2, 0.25) is 0 Å². The molecule has 0 bridgehead atoms. The molecule has 2 heterocycles. The van der Waals surface area contributed by atoms with Crippen LogP contribution in [0.5, 0.6) is 5.75 Å². The molecular weight excluding hydrogens is 312 g/mol. The smallest absolute Gasteiger partial charge is 0.348 e. The van der Waals surface area contributed by atoms with E-state index in [1.165, 1.54) is 28.4 Å². The summed E-state index contributed by atoms with van der Waals surface area (Å²) < 4.78 is 31.0. The standard InChI is InChI=1S/C12H10N4O3S2/c1-9-5-6-12(20-9)21(17,18)19-11-4-2-3-10(7-11)16-8-13-14-15-16/h2-8H,1H3. The SMILES string of the molecule is Cc1ccc(S(=O)(=O)Oc2cccc(-n3cnnn3)c2)s1. The summed E-state index contributed by atoms with van der Waals surface area (Å²) in [6.45, 7) is 1.84. The van der Waals surface area contributed by atoms with Crippen molar-refractivity contribution in [2.24, 2.45) is 0 Å². The third kappa shape index (κ3) is 2.93. The van der Waals surface area contributed by atoms with Gasteiger partial charge in [-0.15, -0.1) is 16.4 Å². The van der Waals surface area contributed by atoms with Crippen LogP contribution in [0.15, 0.2) is 46.9 Å². The molecule has 0 radical (unpaired) electrons. The lowest BCUT2D eigenvalue weighted by atomic mass is 10.3. The Morgan fingerprint density at radius 1 is 1.24 bits per heavy atom. The topological polar surface area (TPSA) is 87.0 Å². The van der Waals surface area contributed by atoms with Gasteiger partial charge in [0.25, 0.3) is 0 Å². The molecule has 7 nitrogen and oxygen atoms in total. The van der Waals surface area contributed by atoms with E-state index >= 15 is 0 Å². The van der Waals surface area contributed by atoms with E-state index in [-0.39, 0.29) is 9.96 Å². The van der Waals surface area contributed by atoms with E-state index in [0.29, 0.717) is 5.69 Å². The molecule has 21 heavy (non-hydrogen) atoms. The summed E-state index contributed by atoms with van der Waals surface area (Å²) in [6, 6.07) is 9.78. The van der Waals surface area contributed by atoms with Crippen LogP contribution in [0.1, 0.15) is 4.88 Å². The highest BCUT2D eigenvalue weighted by atomic mass is 32.3. The Morgan fingerprint density at radius 3 is 2.76 bits per heavy atom. The molecule has 0 saturated carbocycles. The highest BCUT2D eigenvalue weighted by Crippen LogP contribution is 2.25. The first-order valence-electron chi connectivity index (χ1n) is 5.89. The summed E-state index contributed by atoms with van der Waals surface area (Å²) in [5, 5.41) is 10.8. The van der Waals surface area contributed by atoms with Gasteiger partial charge in [-0.1, -0.05) is 6.07 Å². The molecule has 0 spiro atoms. The second kappa shape index (κ2) is 5.26. The number of tetrazole rings is 1. The first-order chi connectivity index (χ1) is 10.0. The molecule has 2 aromatic heterocycles. The van der Waals surface area contributed by atoms with E-state index in [1.54, 1.807) is 30.3 Å².